The predicted octanol–water partition coefficient (Wildman–Crippen LogP) is -0.682. The van der Waals surface area contributed by atoms with E-state index in [-0.39, 0.29) is 23.8 Å². The van der Waals surface area contributed by atoms with Gasteiger partial charge in [-0.15, -0.1) is 0 Å². The largest absolute Gasteiger partial charge is 0.355 e. The lowest BCUT2D eigenvalue weighted by Crippen LogP contribution is -2.37. The molecule has 5 nitrogen and oxygen atoms in total. The van der Waals surface area contributed by atoms with Gasteiger partial charge < -0.3 is 16.0 Å². The van der Waals surface area contributed by atoms with Gasteiger partial charge in [-0.3, -0.25) is 9.59 Å². The van der Waals surface area contributed by atoms with Gasteiger partial charge in [0.1, 0.15) is 0 Å². The minimum atomic E-state index is -0.141. The van der Waals surface area contributed by atoms with Gasteiger partial charge in [0.15, 0.2) is 0 Å². The maximum absolute atomic E-state index is 12.2. The standard InChI is InChI=1S/C12H19N3O2/c13-10-2-1-7-5-15(6-9(7)10)12(17)8-3-11(16)14-4-8/h7-10H,1-6,13H2,(H,14,16). The topological polar surface area (TPSA) is 75.4 Å². The van der Waals surface area contributed by atoms with E-state index in [2.05, 4.69) is 5.32 Å². The molecule has 17 heavy (non-hydrogen) atoms. The number of hydrogen-bond donors (Lipinski definition) is 2. The zero-order valence-corrected chi connectivity index (χ0v) is 9.89. The Morgan fingerprint density at radius 1 is 1.35 bits per heavy atom. The van der Waals surface area contributed by atoms with Crippen LogP contribution < -0.4 is 11.1 Å². The maximum atomic E-state index is 12.2. The van der Waals surface area contributed by atoms with Crippen molar-refractivity contribution in [3.8, 4) is 0 Å². The van der Waals surface area contributed by atoms with E-state index >= 15 is 0 Å². The number of likely N-dealkylation sites (tertiary alicyclic amines) is 1. The summed E-state index contributed by atoms with van der Waals surface area (Å²) in [5.74, 6) is 1.09. The van der Waals surface area contributed by atoms with Crippen LogP contribution in [0.15, 0.2) is 0 Å². The lowest BCUT2D eigenvalue weighted by Gasteiger charge is -2.21. The van der Waals surface area contributed by atoms with E-state index in [9.17, 15) is 9.59 Å². The Bertz CT molecular complexity index is 358. The van der Waals surface area contributed by atoms with Crippen molar-refractivity contribution in [2.24, 2.45) is 23.5 Å². The lowest BCUT2D eigenvalue weighted by molar-refractivity contribution is -0.135. The first-order chi connectivity index (χ1) is 8.15. The van der Waals surface area contributed by atoms with E-state index in [0.29, 0.717) is 24.8 Å². The Kier molecular flexibility index (Phi) is 2.58. The van der Waals surface area contributed by atoms with Crippen molar-refractivity contribution in [3.63, 3.8) is 0 Å². The fraction of sp³-hybridized carbons (Fsp3) is 0.833. The zero-order chi connectivity index (χ0) is 12.0. The molecule has 0 aromatic carbocycles. The summed E-state index contributed by atoms with van der Waals surface area (Å²) in [5, 5.41) is 2.72. The average molecular weight is 237 g/mol. The monoisotopic (exact) mass is 237 g/mol. The molecule has 4 atom stereocenters. The molecule has 3 rings (SSSR count). The number of fused-ring (bicyclic) bond motifs is 1. The van der Waals surface area contributed by atoms with Crippen LogP contribution >= 0.6 is 0 Å². The Labute approximate surface area is 101 Å². The molecule has 2 aliphatic heterocycles. The van der Waals surface area contributed by atoms with Crippen LogP contribution in [0.3, 0.4) is 0 Å². The third-order valence-electron chi connectivity index (χ3n) is 4.55. The van der Waals surface area contributed by atoms with Crippen LogP contribution in [0.1, 0.15) is 19.3 Å². The number of nitrogens with two attached hydrogens (primary N) is 1. The van der Waals surface area contributed by atoms with Gasteiger partial charge in [0.05, 0.1) is 5.92 Å². The molecule has 0 radical (unpaired) electrons. The summed E-state index contributed by atoms with van der Waals surface area (Å²) in [6.45, 7) is 2.16. The average Bonchev–Trinajstić information content (AvgIpc) is 2.96. The van der Waals surface area contributed by atoms with Crippen LogP contribution in [0, 0.1) is 17.8 Å². The second kappa shape index (κ2) is 3.98. The molecule has 0 aromatic rings. The van der Waals surface area contributed by atoms with E-state index in [1.807, 2.05) is 4.90 Å². The minimum absolute atomic E-state index is 0.000516. The van der Waals surface area contributed by atoms with Crippen LogP contribution in [0.5, 0.6) is 0 Å². The third kappa shape index (κ3) is 1.82. The third-order valence-corrected chi connectivity index (χ3v) is 4.55. The van der Waals surface area contributed by atoms with Gasteiger partial charge in [0, 0.05) is 32.1 Å². The molecule has 3 aliphatic rings. The highest BCUT2D eigenvalue weighted by molar-refractivity contribution is 5.89. The SMILES string of the molecule is NC1CCC2CN(C(=O)C3CNC(=O)C3)CC12. The molecule has 5 heteroatoms. The first-order valence-corrected chi connectivity index (χ1v) is 6.46. The first-order valence-electron chi connectivity index (χ1n) is 6.46. The van der Waals surface area contributed by atoms with E-state index < -0.39 is 0 Å². The van der Waals surface area contributed by atoms with Crippen molar-refractivity contribution in [1.29, 1.82) is 0 Å². The van der Waals surface area contributed by atoms with Crippen molar-refractivity contribution in [2.75, 3.05) is 19.6 Å². The Morgan fingerprint density at radius 2 is 2.18 bits per heavy atom. The van der Waals surface area contributed by atoms with Gasteiger partial charge in [-0.25, -0.2) is 0 Å². The number of rotatable bonds is 1. The quantitative estimate of drug-likeness (QED) is 0.634. The normalized spacial score (nSPS) is 40.5. The molecular weight excluding hydrogens is 218 g/mol. The van der Waals surface area contributed by atoms with E-state index in [1.165, 1.54) is 0 Å². The van der Waals surface area contributed by atoms with Crippen LogP contribution in [0.25, 0.3) is 0 Å². The number of carbonyl (C=O) groups is 2. The summed E-state index contributed by atoms with van der Waals surface area (Å²) in [4.78, 5) is 25.3. The van der Waals surface area contributed by atoms with Crippen molar-refractivity contribution < 1.29 is 9.59 Å². The molecule has 0 spiro atoms. The Hall–Kier alpha value is -1.10. The highest BCUT2D eigenvalue weighted by Crippen LogP contribution is 2.37. The van der Waals surface area contributed by atoms with Gasteiger partial charge >= 0.3 is 0 Å². The molecular formula is C12H19N3O2. The number of nitrogens with zero attached hydrogens (tertiary/aromatic N) is 1. The fourth-order valence-corrected chi connectivity index (χ4v) is 3.53. The van der Waals surface area contributed by atoms with Crippen LogP contribution in [-0.2, 0) is 9.59 Å². The van der Waals surface area contributed by atoms with Crippen LogP contribution in [0.4, 0.5) is 0 Å². The molecule has 1 aliphatic carbocycles. The zero-order valence-electron chi connectivity index (χ0n) is 9.89. The Balaban J connectivity index is 1.63. The Morgan fingerprint density at radius 3 is 2.82 bits per heavy atom. The molecule has 2 amide bonds. The van der Waals surface area contributed by atoms with Crippen LogP contribution in [0.2, 0.25) is 0 Å². The molecule has 3 fully saturated rings. The van der Waals surface area contributed by atoms with E-state index in [0.717, 1.165) is 25.9 Å². The summed E-state index contributed by atoms with van der Waals surface area (Å²) in [7, 11) is 0. The van der Waals surface area contributed by atoms with Crippen LogP contribution in [-0.4, -0.2) is 42.4 Å². The summed E-state index contributed by atoms with van der Waals surface area (Å²) >= 11 is 0. The highest BCUT2D eigenvalue weighted by Gasteiger charge is 2.44. The van der Waals surface area contributed by atoms with Gasteiger partial charge in [0.25, 0.3) is 0 Å². The van der Waals surface area contributed by atoms with Gasteiger partial charge in [-0.05, 0) is 24.7 Å². The van der Waals surface area contributed by atoms with Gasteiger partial charge in [-0.2, -0.15) is 0 Å². The maximum Gasteiger partial charge on any atom is 0.228 e. The molecule has 0 aromatic heterocycles. The summed E-state index contributed by atoms with van der Waals surface area (Å²) in [6.07, 6.45) is 2.61. The van der Waals surface area contributed by atoms with Crippen molar-refractivity contribution in [3.05, 3.63) is 0 Å². The molecule has 4 unspecified atom stereocenters. The molecule has 3 N–H and O–H groups in total. The molecule has 1 saturated carbocycles. The summed E-state index contributed by atoms with van der Waals surface area (Å²) in [5.41, 5.74) is 6.05. The smallest absolute Gasteiger partial charge is 0.228 e. The second-order valence-electron chi connectivity index (χ2n) is 5.61. The number of nitrogens with one attached hydrogen (secondary N) is 1. The lowest BCUT2D eigenvalue weighted by atomic mass is 9.98. The number of amides is 2. The summed E-state index contributed by atoms with van der Waals surface area (Å²) < 4.78 is 0. The molecule has 2 saturated heterocycles. The van der Waals surface area contributed by atoms with Crippen molar-refractivity contribution in [1.82, 2.24) is 10.2 Å². The molecule has 94 valence electrons. The van der Waals surface area contributed by atoms with Crippen molar-refractivity contribution >= 4 is 11.8 Å². The van der Waals surface area contributed by atoms with E-state index in [4.69, 9.17) is 5.73 Å². The fourth-order valence-electron chi connectivity index (χ4n) is 3.53. The van der Waals surface area contributed by atoms with E-state index in [1.54, 1.807) is 0 Å². The first kappa shape index (κ1) is 11.0. The minimum Gasteiger partial charge on any atom is -0.355 e. The van der Waals surface area contributed by atoms with Crippen molar-refractivity contribution in [2.45, 2.75) is 25.3 Å². The summed E-state index contributed by atoms with van der Waals surface area (Å²) in [6, 6.07) is 0.265. The highest BCUT2D eigenvalue weighted by atomic mass is 16.2. The second-order valence-corrected chi connectivity index (χ2v) is 5.61. The number of hydrogen-bond acceptors (Lipinski definition) is 3. The van der Waals surface area contributed by atoms with Gasteiger partial charge in [0.2, 0.25) is 11.8 Å². The molecule has 2 heterocycles. The predicted molar refractivity (Wildman–Crippen MR) is 61.9 cm³/mol. The molecule has 0 bridgehead atoms. The van der Waals surface area contributed by atoms with Gasteiger partial charge in [-0.1, -0.05) is 0 Å². The number of carbonyl (C=O) groups excluding carboxylic acids is 2.